The van der Waals surface area contributed by atoms with Gasteiger partial charge >= 0.3 is 11.9 Å². The molecule has 0 rings (SSSR count). The van der Waals surface area contributed by atoms with Crippen LogP contribution in [0.3, 0.4) is 0 Å². The molecule has 0 saturated carbocycles. The molecule has 0 fully saturated rings. The molecule has 0 aliphatic heterocycles. The number of esters is 2. The molecule has 0 radical (unpaired) electrons. The van der Waals surface area contributed by atoms with Crippen molar-refractivity contribution in [3.63, 3.8) is 0 Å². The molecule has 0 aromatic rings. The van der Waals surface area contributed by atoms with Crippen LogP contribution in [0.25, 0.3) is 0 Å². The van der Waals surface area contributed by atoms with Crippen LogP contribution in [0.15, 0.2) is 0 Å². The second-order valence-electron chi connectivity index (χ2n) is 8.09. The van der Waals surface area contributed by atoms with Crippen LogP contribution in [0.1, 0.15) is 64.7 Å². The average molecular weight is 523 g/mol. The van der Waals surface area contributed by atoms with E-state index in [1.54, 1.807) is 0 Å². The highest BCUT2D eigenvalue weighted by Crippen LogP contribution is 2.08. The van der Waals surface area contributed by atoms with E-state index in [4.69, 9.17) is 33.2 Å². The van der Waals surface area contributed by atoms with Crippen molar-refractivity contribution in [2.24, 2.45) is 0 Å². The van der Waals surface area contributed by atoms with Crippen molar-refractivity contribution >= 4 is 11.9 Å². The van der Waals surface area contributed by atoms with Crippen molar-refractivity contribution in [3.8, 4) is 0 Å². The normalized spacial score (nSPS) is 11.1. The maximum Gasteiger partial charge on any atom is 0.307 e. The monoisotopic (exact) mass is 522 g/mol. The summed E-state index contributed by atoms with van der Waals surface area (Å²) < 4.78 is 41.9. The Balaban J connectivity index is 3.13. The fourth-order valence-corrected chi connectivity index (χ4v) is 2.97. The molecule has 0 atom stereocenters. The Morgan fingerprint density at radius 3 is 1.28 bits per heavy atom. The van der Waals surface area contributed by atoms with E-state index in [1.807, 2.05) is 0 Å². The van der Waals surface area contributed by atoms with Gasteiger partial charge in [0.05, 0.1) is 92.8 Å². The summed E-state index contributed by atoms with van der Waals surface area (Å²) in [4.78, 5) is 22.5. The predicted molar refractivity (Wildman–Crippen MR) is 135 cm³/mol. The van der Waals surface area contributed by atoms with Crippen LogP contribution in [0.4, 0.5) is 0 Å². The topological polar surface area (TPSA) is 108 Å². The number of rotatable bonds is 29. The third-order valence-electron chi connectivity index (χ3n) is 5.01. The maximum absolute atomic E-state index is 11.6. The van der Waals surface area contributed by atoms with Crippen LogP contribution in [-0.2, 0) is 47.5 Å². The van der Waals surface area contributed by atoms with E-state index in [2.05, 4.69) is 11.7 Å². The van der Waals surface area contributed by atoms with E-state index in [-0.39, 0.29) is 25.0 Å². The summed E-state index contributed by atoms with van der Waals surface area (Å²) in [5, 5.41) is 0. The molecule has 0 saturated heterocycles. The number of hydrogen-bond donors (Lipinski definition) is 0. The summed E-state index contributed by atoms with van der Waals surface area (Å²) in [7, 11) is 1.35. The van der Waals surface area contributed by atoms with Crippen LogP contribution in [0, 0.1) is 0 Å². The first-order valence-corrected chi connectivity index (χ1v) is 13.4. The van der Waals surface area contributed by atoms with Crippen LogP contribution >= 0.6 is 0 Å². The highest BCUT2D eigenvalue weighted by molar-refractivity contribution is 5.69. The summed E-state index contributed by atoms with van der Waals surface area (Å²) in [6, 6.07) is 0. The molecule has 0 N–H and O–H groups in total. The zero-order chi connectivity index (χ0) is 26.4. The van der Waals surface area contributed by atoms with E-state index < -0.39 is 0 Å². The summed E-state index contributed by atoms with van der Waals surface area (Å²) in [6.45, 7) is 7.90. The molecule has 0 bridgehead atoms. The third-order valence-corrected chi connectivity index (χ3v) is 5.01. The highest BCUT2D eigenvalue weighted by atomic mass is 16.6. The van der Waals surface area contributed by atoms with Gasteiger partial charge in [-0.1, -0.05) is 45.4 Å². The molecule has 0 aromatic carbocycles. The minimum Gasteiger partial charge on any atom is -0.469 e. The smallest absolute Gasteiger partial charge is 0.307 e. The minimum absolute atomic E-state index is 0.143. The maximum atomic E-state index is 11.6. The Bertz CT molecular complexity index is 476. The fraction of sp³-hybridized carbons (Fsp3) is 0.923. The summed E-state index contributed by atoms with van der Waals surface area (Å²) in [5.41, 5.74) is 0. The molecule has 10 nitrogen and oxygen atoms in total. The van der Waals surface area contributed by atoms with Gasteiger partial charge in [-0.05, 0) is 6.42 Å². The first kappa shape index (κ1) is 34.7. The molecule has 0 aromatic heterocycles. The average Bonchev–Trinajstić information content (AvgIpc) is 2.88. The molecule has 0 spiro atoms. The van der Waals surface area contributed by atoms with Gasteiger partial charge in [0, 0.05) is 6.42 Å². The fourth-order valence-electron chi connectivity index (χ4n) is 2.97. The SMILES string of the molecule is CCCCCCCCCC(=O)OCCOCCOCCOCCOCCOCCOCCC(=O)OC. The van der Waals surface area contributed by atoms with Crippen molar-refractivity contribution in [2.75, 3.05) is 93.0 Å². The van der Waals surface area contributed by atoms with E-state index >= 15 is 0 Å². The summed E-state index contributed by atoms with van der Waals surface area (Å²) in [6.07, 6.45) is 9.04. The van der Waals surface area contributed by atoms with Crippen molar-refractivity contribution in [2.45, 2.75) is 64.7 Å². The lowest BCUT2D eigenvalue weighted by Gasteiger charge is -2.08. The predicted octanol–water partition coefficient (Wildman–Crippen LogP) is 3.33. The molecule has 10 heteroatoms. The number of carbonyl (C=O) groups is 2. The van der Waals surface area contributed by atoms with Crippen LogP contribution in [-0.4, -0.2) is 105 Å². The van der Waals surface area contributed by atoms with Gasteiger partial charge in [-0.3, -0.25) is 9.59 Å². The molecule has 0 aliphatic carbocycles. The first-order chi connectivity index (χ1) is 17.7. The summed E-state index contributed by atoms with van der Waals surface area (Å²) in [5.74, 6) is -0.428. The van der Waals surface area contributed by atoms with E-state index in [9.17, 15) is 9.59 Å². The zero-order valence-electron chi connectivity index (χ0n) is 22.6. The van der Waals surface area contributed by atoms with Gasteiger partial charge in [0.15, 0.2) is 0 Å². The van der Waals surface area contributed by atoms with Gasteiger partial charge in [-0.2, -0.15) is 0 Å². The third kappa shape index (κ3) is 28.9. The number of methoxy groups -OCH3 is 1. The Hall–Kier alpha value is -1.30. The Morgan fingerprint density at radius 1 is 0.444 bits per heavy atom. The molecule has 0 aliphatic rings. The van der Waals surface area contributed by atoms with Crippen molar-refractivity contribution in [1.82, 2.24) is 0 Å². The van der Waals surface area contributed by atoms with Crippen molar-refractivity contribution < 1.29 is 47.5 Å². The van der Waals surface area contributed by atoms with Gasteiger partial charge in [0.1, 0.15) is 6.61 Å². The molecule has 36 heavy (non-hydrogen) atoms. The standard InChI is InChI=1S/C26H50O10/c1-3-4-5-6-7-8-9-10-26(28)36-24-23-35-22-21-34-20-19-33-18-17-32-16-15-31-14-13-30-12-11-25(27)29-2/h3-24H2,1-2H3. The van der Waals surface area contributed by atoms with Crippen LogP contribution in [0.2, 0.25) is 0 Å². The lowest BCUT2D eigenvalue weighted by Crippen LogP contribution is -2.15. The van der Waals surface area contributed by atoms with E-state index in [1.165, 1.54) is 39.2 Å². The van der Waals surface area contributed by atoms with Gasteiger partial charge in [-0.25, -0.2) is 0 Å². The molecule has 0 amide bonds. The molecular weight excluding hydrogens is 472 g/mol. The number of ether oxygens (including phenoxy) is 8. The highest BCUT2D eigenvalue weighted by Gasteiger charge is 2.03. The van der Waals surface area contributed by atoms with Crippen LogP contribution in [0.5, 0.6) is 0 Å². The second-order valence-corrected chi connectivity index (χ2v) is 8.09. The first-order valence-electron chi connectivity index (χ1n) is 13.4. The van der Waals surface area contributed by atoms with Gasteiger partial charge < -0.3 is 37.9 Å². The number of carbonyl (C=O) groups excluding carboxylic acids is 2. The Kier molecular flexibility index (Phi) is 28.8. The minimum atomic E-state index is -0.285. The lowest BCUT2D eigenvalue weighted by atomic mass is 10.1. The van der Waals surface area contributed by atoms with Crippen molar-refractivity contribution in [3.05, 3.63) is 0 Å². The van der Waals surface area contributed by atoms with Gasteiger partial charge in [0.2, 0.25) is 0 Å². The molecule has 0 unspecified atom stereocenters. The molecular formula is C26H50O10. The Morgan fingerprint density at radius 2 is 0.833 bits per heavy atom. The zero-order valence-corrected chi connectivity index (χ0v) is 22.6. The Labute approximate surface area is 217 Å². The van der Waals surface area contributed by atoms with Crippen LogP contribution < -0.4 is 0 Å². The molecule has 214 valence electrons. The van der Waals surface area contributed by atoms with Gasteiger partial charge in [0.25, 0.3) is 0 Å². The van der Waals surface area contributed by atoms with Crippen molar-refractivity contribution in [1.29, 1.82) is 0 Å². The van der Waals surface area contributed by atoms with E-state index in [0.717, 1.165) is 12.8 Å². The largest absolute Gasteiger partial charge is 0.469 e. The molecule has 0 heterocycles. The van der Waals surface area contributed by atoms with Gasteiger partial charge in [-0.15, -0.1) is 0 Å². The summed E-state index contributed by atoms with van der Waals surface area (Å²) >= 11 is 0. The second kappa shape index (κ2) is 29.9. The lowest BCUT2D eigenvalue weighted by molar-refractivity contribution is -0.145. The number of unbranched alkanes of at least 4 members (excludes halogenated alkanes) is 6. The quantitative estimate of drug-likeness (QED) is 0.107. The number of hydrogen-bond acceptors (Lipinski definition) is 10. The van der Waals surface area contributed by atoms with E-state index in [0.29, 0.717) is 85.7 Å².